The molecule has 202 valence electrons. The summed E-state index contributed by atoms with van der Waals surface area (Å²) in [5.41, 5.74) is 5.44. The highest BCUT2D eigenvalue weighted by molar-refractivity contribution is 5.95. The summed E-state index contributed by atoms with van der Waals surface area (Å²) in [7, 11) is 4.94. The number of hydrogen-bond acceptors (Lipinski definition) is 6. The number of fused-ring (bicyclic) bond motifs is 1. The Bertz CT molecular complexity index is 1680. The Morgan fingerprint density at radius 2 is 1.55 bits per heavy atom. The molecule has 0 aliphatic carbocycles. The summed E-state index contributed by atoms with van der Waals surface area (Å²) >= 11 is 0. The van der Waals surface area contributed by atoms with Crippen molar-refractivity contribution in [1.82, 2.24) is 19.5 Å². The number of carbonyl (C=O) groups excluding carboxylic acids is 2. The van der Waals surface area contributed by atoms with Crippen LogP contribution in [0.2, 0.25) is 0 Å². The fourth-order valence-electron chi connectivity index (χ4n) is 4.35. The zero-order valence-corrected chi connectivity index (χ0v) is 22.4. The molecule has 8 nitrogen and oxygen atoms in total. The Morgan fingerprint density at radius 3 is 2.20 bits per heavy atom. The Kier molecular flexibility index (Phi) is 7.54. The van der Waals surface area contributed by atoms with Gasteiger partial charge in [-0.1, -0.05) is 36.4 Å². The number of ether oxygens (including phenoxy) is 1. The maximum absolute atomic E-state index is 13.1. The minimum atomic E-state index is -0.312. The predicted molar refractivity (Wildman–Crippen MR) is 152 cm³/mol. The van der Waals surface area contributed by atoms with Crippen molar-refractivity contribution < 1.29 is 18.7 Å². The summed E-state index contributed by atoms with van der Waals surface area (Å²) in [6.45, 7) is 0. The maximum atomic E-state index is 13.1. The molecular formula is C31H28FN5O3. The van der Waals surface area contributed by atoms with Gasteiger partial charge in [0.15, 0.2) is 5.65 Å². The van der Waals surface area contributed by atoms with Crippen LogP contribution in [0, 0.1) is 5.82 Å². The summed E-state index contributed by atoms with van der Waals surface area (Å²) < 4.78 is 20.3. The largest absolute Gasteiger partial charge is 0.495 e. The number of amides is 1. The number of anilines is 2. The van der Waals surface area contributed by atoms with Crippen molar-refractivity contribution in [2.24, 2.45) is 0 Å². The first kappa shape index (κ1) is 26.6. The molecule has 0 aliphatic rings. The van der Waals surface area contributed by atoms with Gasteiger partial charge in [-0.25, -0.2) is 8.91 Å². The zero-order chi connectivity index (χ0) is 28.2. The van der Waals surface area contributed by atoms with Gasteiger partial charge < -0.3 is 15.0 Å². The number of halogens is 1. The fraction of sp³-hybridized carbons (Fsp3) is 0.161. The number of pyridine rings is 1. The highest BCUT2D eigenvalue weighted by Gasteiger charge is 2.14. The molecule has 0 fully saturated rings. The smallest absolute Gasteiger partial charge is 0.253 e. The van der Waals surface area contributed by atoms with E-state index in [4.69, 9.17) is 4.74 Å². The van der Waals surface area contributed by atoms with Crippen LogP contribution in [0.3, 0.4) is 0 Å². The van der Waals surface area contributed by atoms with E-state index in [2.05, 4.69) is 15.4 Å². The molecule has 2 heterocycles. The average Bonchev–Trinajstić information content (AvgIpc) is 3.36. The van der Waals surface area contributed by atoms with Crippen LogP contribution < -0.4 is 10.1 Å². The van der Waals surface area contributed by atoms with Crippen LogP contribution in [0.15, 0.2) is 85.1 Å². The monoisotopic (exact) mass is 537 g/mol. The van der Waals surface area contributed by atoms with Crippen LogP contribution in [0.5, 0.6) is 5.75 Å². The summed E-state index contributed by atoms with van der Waals surface area (Å²) in [6, 6.07) is 22.8. The fourth-order valence-corrected chi connectivity index (χ4v) is 4.35. The molecule has 0 radical (unpaired) electrons. The molecule has 9 heteroatoms. The predicted octanol–water partition coefficient (Wildman–Crippen LogP) is 5.34. The van der Waals surface area contributed by atoms with Gasteiger partial charge in [0, 0.05) is 44.3 Å². The van der Waals surface area contributed by atoms with E-state index in [0.717, 1.165) is 22.3 Å². The quantitative estimate of drug-likeness (QED) is 0.273. The number of carbonyl (C=O) groups is 2. The second-order valence-corrected chi connectivity index (χ2v) is 9.61. The number of methoxy groups -OCH3 is 1. The number of aromatic nitrogens is 3. The molecule has 0 unspecified atom stereocenters. The summed E-state index contributed by atoms with van der Waals surface area (Å²) in [5, 5.41) is 7.72. The van der Waals surface area contributed by atoms with Gasteiger partial charge in [0.05, 0.1) is 12.8 Å². The molecule has 1 N–H and O–H groups in total. The second-order valence-electron chi connectivity index (χ2n) is 9.61. The third-order valence-corrected chi connectivity index (χ3v) is 6.44. The summed E-state index contributed by atoms with van der Waals surface area (Å²) in [5.74, 6) is 0.528. The molecule has 40 heavy (non-hydrogen) atoms. The van der Waals surface area contributed by atoms with Gasteiger partial charge in [-0.2, -0.15) is 4.98 Å². The third-order valence-electron chi connectivity index (χ3n) is 6.44. The Balaban J connectivity index is 1.28. The van der Waals surface area contributed by atoms with Crippen molar-refractivity contribution in [3.8, 4) is 16.9 Å². The minimum Gasteiger partial charge on any atom is -0.495 e. The maximum Gasteiger partial charge on any atom is 0.253 e. The molecule has 1 amide bonds. The van der Waals surface area contributed by atoms with Crippen molar-refractivity contribution in [2.45, 2.75) is 12.8 Å². The molecule has 0 aliphatic heterocycles. The van der Waals surface area contributed by atoms with Gasteiger partial charge >= 0.3 is 0 Å². The SMILES string of the molecule is COc1cc(C(=O)N(C)C)ccc1Nc1nc2ccc(-c3ccc(CC(=O)Cc4ccc(F)cc4)cc3)cn2n1. The third kappa shape index (κ3) is 5.99. The van der Waals surface area contributed by atoms with E-state index < -0.39 is 0 Å². The van der Waals surface area contributed by atoms with Gasteiger partial charge in [-0.05, 0) is 59.2 Å². The average molecular weight is 538 g/mol. The molecule has 5 rings (SSSR count). The topological polar surface area (TPSA) is 88.8 Å². The van der Waals surface area contributed by atoms with E-state index >= 15 is 0 Å². The summed E-state index contributed by atoms with van der Waals surface area (Å²) in [6.07, 6.45) is 2.46. The standard InChI is InChI=1S/C31H28FN5O3/c1-36(2)30(39)23-10-14-27(28(18-23)40-3)33-31-34-29-15-11-24(19-37(29)35-31)22-8-4-20(5-9-22)16-26(38)17-21-6-12-25(32)13-7-21/h4-15,18-19H,16-17H2,1-3H3,(H,33,35). The Morgan fingerprint density at radius 1 is 0.900 bits per heavy atom. The number of rotatable bonds is 9. The van der Waals surface area contributed by atoms with Crippen molar-refractivity contribution >= 4 is 29.0 Å². The second kappa shape index (κ2) is 11.4. The molecular weight excluding hydrogens is 509 g/mol. The van der Waals surface area contributed by atoms with Crippen LogP contribution in [0.25, 0.3) is 16.8 Å². The Hall–Kier alpha value is -5.05. The van der Waals surface area contributed by atoms with Crippen LogP contribution in [-0.4, -0.2) is 52.4 Å². The van der Waals surface area contributed by atoms with Gasteiger partial charge in [0.2, 0.25) is 5.95 Å². The first-order valence-corrected chi connectivity index (χ1v) is 12.7. The number of ketones is 1. The first-order valence-electron chi connectivity index (χ1n) is 12.7. The first-order chi connectivity index (χ1) is 19.3. The van der Waals surface area contributed by atoms with Gasteiger partial charge in [-0.3, -0.25) is 9.59 Å². The van der Waals surface area contributed by atoms with E-state index in [1.807, 2.05) is 42.6 Å². The van der Waals surface area contributed by atoms with Crippen molar-refractivity contribution in [3.63, 3.8) is 0 Å². The lowest BCUT2D eigenvalue weighted by Crippen LogP contribution is -2.21. The van der Waals surface area contributed by atoms with Crippen LogP contribution in [0.1, 0.15) is 21.5 Å². The van der Waals surface area contributed by atoms with Crippen LogP contribution in [0.4, 0.5) is 16.0 Å². The highest BCUT2D eigenvalue weighted by Crippen LogP contribution is 2.29. The van der Waals surface area contributed by atoms with Gasteiger partial charge in [-0.15, -0.1) is 5.10 Å². The van der Waals surface area contributed by atoms with E-state index in [1.54, 1.807) is 56.1 Å². The highest BCUT2D eigenvalue weighted by atomic mass is 19.1. The lowest BCUT2D eigenvalue weighted by atomic mass is 10.0. The number of hydrogen-bond donors (Lipinski definition) is 1. The molecule has 0 saturated carbocycles. The number of benzene rings is 3. The lowest BCUT2D eigenvalue weighted by Gasteiger charge is -2.13. The van der Waals surface area contributed by atoms with E-state index in [1.165, 1.54) is 17.0 Å². The summed E-state index contributed by atoms with van der Waals surface area (Å²) in [4.78, 5) is 30.8. The number of nitrogens with one attached hydrogen (secondary N) is 1. The minimum absolute atomic E-state index is 0.0685. The van der Waals surface area contributed by atoms with E-state index in [0.29, 0.717) is 35.0 Å². The number of nitrogens with zero attached hydrogens (tertiary/aromatic N) is 4. The van der Waals surface area contributed by atoms with Gasteiger partial charge in [0.1, 0.15) is 17.3 Å². The molecule has 5 aromatic rings. The molecule has 0 spiro atoms. The molecule has 0 bridgehead atoms. The molecule has 2 aromatic heterocycles. The van der Waals surface area contributed by atoms with Crippen molar-refractivity contribution in [3.05, 3.63) is 108 Å². The Labute approximate surface area is 231 Å². The number of Topliss-reactive ketones (excluding diaryl/α,β-unsaturated/α-hetero) is 1. The van der Waals surface area contributed by atoms with Crippen LogP contribution >= 0.6 is 0 Å². The zero-order valence-electron chi connectivity index (χ0n) is 22.4. The molecule has 0 saturated heterocycles. The van der Waals surface area contributed by atoms with Crippen molar-refractivity contribution in [2.75, 3.05) is 26.5 Å². The van der Waals surface area contributed by atoms with Crippen molar-refractivity contribution in [1.29, 1.82) is 0 Å². The van der Waals surface area contributed by atoms with E-state index in [-0.39, 0.29) is 23.9 Å². The van der Waals surface area contributed by atoms with E-state index in [9.17, 15) is 14.0 Å². The lowest BCUT2D eigenvalue weighted by molar-refractivity contribution is -0.117. The van der Waals surface area contributed by atoms with Crippen LogP contribution in [-0.2, 0) is 17.6 Å². The molecule has 0 atom stereocenters. The normalized spacial score (nSPS) is 10.9. The molecule has 3 aromatic carbocycles. The van der Waals surface area contributed by atoms with Gasteiger partial charge in [0.25, 0.3) is 5.91 Å².